The number of amides is 1. The van der Waals surface area contributed by atoms with Crippen molar-refractivity contribution in [3.63, 3.8) is 0 Å². The molecule has 1 saturated carbocycles. The Labute approximate surface area is 119 Å². The van der Waals surface area contributed by atoms with Crippen LogP contribution in [0.4, 0.5) is 0 Å². The fraction of sp³-hybridized carbons (Fsp3) is 0.278. The molecule has 1 amide bonds. The Morgan fingerprint density at radius 1 is 1.10 bits per heavy atom. The Balaban J connectivity index is 1.53. The van der Waals surface area contributed by atoms with E-state index < -0.39 is 0 Å². The lowest BCUT2D eigenvalue weighted by Crippen LogP contribution is -2.24. The summed E-state index contributed by atoms with van der Waals surface area (Å²) in [4.78, 5) is 12.1. The summed E-state index contributed by atoms with van der Waals surface area (Å²) in [5.41, 5.74) is 3.68. The largest absolute Gasteiger partial charge is 0.352 e. The number of hydrogen-bond acceptors (Lipinski definition) is 1. The van der Waals surface area contributed by atoms with Crippen LogP contribution in [0.3, 0.4) is 0 Å². The Morgan fingerprint density at radius 2 is 1.80 bits per heavy atom. The van der Waals surface area contributed by atoms with Crippen molar-refractivity contribution in [3.05, 3.63) is 71.3 Å². The molecule has 0 saturated heterocycles. The van der Waals surface area contributed by atoms with Gasteiger partial charge in [-0.15, -0.1) is 0 Å². The average Bonchev–Trinajstić information content (AvgIpc) is 3.28. The topological polar surface area (TPSA) is 29.1 Å². The monoisotopic (exact) mass is 265 g/mol. The molecule has 2 aromatic rings. The first-order valence-electron chi connectivity index (χ1n) is 7.12. The van der Waals surface area contributed by atoms with E-state index in [2.05, 4.69) is 48.6 Å². The zero-order chi connectivity index (χ0) is 13.9. The lowest BCUT2D eigenvalue weighted by atomic mass is 10.1. The molecule has 1 aliphatic rings. The highest BCUT2D eigenvalue weighted by atomic mass is 16.2. The van der Waals surface area contributed by atoms with Gasteiger partial charge in [-0.2, -0.15) is 0 Å². The van der Waals surface area contributed by atoms with Crippen LogP contribution in [0.5, 0.6) is 0 Å². The summed E-state index contributed by atoms with van der Waals surface area (Å²) in [6.45, 7) is 2.69. The van der Waals surface area contributed by atoms with Crippen molar-refractivity contribution in [1.29, 1.82) is 0 Å². The van der Waals surface area contributed by atoms with Gasteiger partial charge in [-0.1, -0.05) is 60.2 Å². The maximum Gasteiger partial charge on any atom is 0.224 e. The van der Waals surface area contributed by atoms with Gasteiger partial charge in [0, 0.05) is 12.5 Å². The second kappa shape index (κ2) is 5.49. The van der Waals surface area contributed by atoms with E-state index in [4.69, 9.17) is 0 Å². The average molecular weight is 265 g/mol. The van der Waals surface area contributed by atoms with Crippen LogP contribution in [0.1, 0.15) is 29.0 Å². The zero-order valence-corrected chi connectivity index (χ0v) is 11.7. The van der Waals surface area contributed by atoms with Gasteiger partial charge in [-0.05, 0) is 30.4 Å². The summed E-state index contributed by atoms with van der Waals surface area (Å²) in [6, 6.07) is 18.6. The molecule has 2 nitrogen and oxygen atoms in total. The van der Waals surface area contributed by atoms with Crippen LogP contribution in [0, 0.1) is 12.8 Å². The van der Waals surface area contributed by atoms with Crippen molar-refractivity contribution >= 4 is 5.91 Å². The third kappa shape index (κ3) is 2.90. The highest BCUT2D eigenvalue weighted by Gasteiger charge is 2.43. The second-order valence-corrected chi connectivity index (χ2v) is 5.56. The van der Waals surface area contributed by atoms with Crippen molar-refractivity contribution in [2.45, 2.75) is 25.8 Å². The van der Waals surface area contributed by atoms with E-state index >= 15 is 0 Å². The zero-order valence-electron chi connectivity index (χ0n) is 11.7. The third-order valence-electron chi connectivity index (χ3n) is 3.94. The summed E-state index contributed by atoms with van der Waals surface area (Å²) in [5, 5.41) is 3.04. The van der Waals surface area contributed by atoms with E-state index in [1.165, 1.54) is 11.1 Å². The van der Waals surface area contributed by atoms with Crippen LogP contribution in [-0.2, 0) is 11.3 Å². The van der Waals surface area contributed by atoms with E-state index in [9.17, 15) is 4.79 Å². The summed E-state index contributed by atoms with van der Waals surface area (Å²) < 4.78 is 0. The van der Waals surface area contributed by atoms with E-state index in [0.29, 0.717) is 12.5 Å². The minimum atomic E-state index is 0.155. The van der Waals surface area contributed by atoms with Crippen LogP contribution in [0.25, 0.3) is 0 Å². The molecule has 2 atom stereocenters. The van der Waals surface area contributed by atoms with Crippen LogP contribution in [0.15, 0.2) is 54.6 Å². The molecule has 102 valence electrons. The van der Waals surface area contributed by atoms with Crippen LogP contribution < -0.4 is 5.32 Å². The first-order chi connectivity index (χ1) is 9.74. The van der Waals surface area contributed by atoms with Gasteiger partial charge in [0.05, 0.1) is 0 Å². The molecule has 0 aliphatic heterocycles. The Bertz CT molecular complexity index is 589. The van der Waals surface area contributed by atoms with Gasteiger partial charge in [0.2, 0.25) is 5.91 Å². The normalized spacial score (nSPS) is 20.4. The molecule has 1 fully saturated rings. The SMILES string of the molecule is Cc1ccc(CNC(=O)[C@H]2C[C@@H]2c2ccccc2)cc1. The summed E-state index contributed by atoms with van der Waals surface area (Å²) in [6.07, 6.45) is 0.976. The van der Waals surface area contributed by atoms with Gasteiger partial charge in [-0.3, -0.25) is 4.79 Å². The first-order valence-corrected chi connectivity index (χ1v) is 7.12. The molecule has 2 aromatic carbocycles. The number of hydrogen-bond donors (Lipinski definition) is 1. The molecular weight excluding hydrogens is 246 g/mol. The predicted octanol–water partition coefficient (Wildman–Crippen LogP) is 3.41. The predicted molar refractivity (Wildman–Crippen MR) is 80.3 cm³/mol. The number of carbonyl (C=O) groups is 1. The lowest BCUT2D eigenvalue weighted by Gasteiger charge is -2.05. The standard InChI is InChI=1S/C18H19NO/c1-13-7-9-14(10-8-13)12-19-18(20)17-11-16(17)15-5-3-2-4-6-15/h2-10,16-17H,11-12H2,1H3,(H,19,20)/t16-,17+/m1/s1. The molecule has 3 rings (SSSR count). The van der Waals surface area contributed by atoms with Gasteiger partial charge in [0.1, 0.15) is 0 Å². The van der Waals surface area contributed by atoms with Gasteiger partial charge in [0.15, 0.2) is 0 Å². The molecule has 0 radical (unpaired) electrons. The summed E-state index contributed by atoms with van der Waals surface area (Å²) in [7, 11) is 0. The molecule has 0 unspecified atom stereocenters. The molecule has 1 N–H and O–H groups in total. The first kappa shape index (κ1) is 12.9. The number of carbonyl (C=O) groups excluding carboxylic acids is 1. The Morgan fingerprint density at radius 3 is 2.50 bits per heavy atom. The van der Waals surface area contributed by atoms with Gasteiger partial charge >= 0.3 is 0 Å². The Hall–Kier alpha value is -2.09. The second-order valence-electron chi connectivity index (χ2n) is 5.56. The molecule has 0 aromatic heterocycles. The van der Waals surface area contributed by atoms with Crippen molar-refractivity contribution in [1.82, 2.24) is 5.32 Å². The maximum atomic E-state index is 12.1. The fourth-order valence-corrected chi connectivity index (χ4v) is 2.58. The lowest BCUT2D eigenvalue weighted by molar-refractivity contribution is -0.122. The van der Waals surface area contributed by atoms with E-state index in [-0.39, 0.29) is 11.8 Å². The van der Waals surface area contributed by atoms with E-state index in [0.717, 1.165) is 12.0 Å². The van der Waals surface area contributed by atoms with Crippen LogP contribution >= 0.6 is 0 Å². The summed E-state index contributed by atoms with van der Waals surface area (Å²) in [5.74, 6) is 0.747. The molecule has 0 spiro atoms. The summed E-state index contributed by atoms with van der Waals surface area (Å²) >= 11 is 0. The fourth-order valence-electron chi connectivity index (χ4n) is 2.58. The van der Waals surface area contributed by atoms with E-state index in [1.54, 1.807) is 0 Å². The van der Waals surface area contributed by atoms with Crippen molar-refractivity contribution in [2.24, 2.45) is 5.92 Å². The molecule has 20 heavy (non-hydrogen) atoms. The highest BCUT2D eigenvalue weighted by molar-refractivity contribution is 5.82. The molecule has 2 heteroatoms. The Kier molecular flexibility index (Phi) is 3.55. The number of benzene rings is 2. The van der Waals surface area contributed by atoms with Crippen molar-refractivity contribution < 1.29 is 4.79 Å². The molecule has 1 aliphatic carbocycles. The molecule has 0 bridgehead atoms. The van der Waals surface area contributed by atoms with Crippen LogP contribution in [-0.4, -0.2) is 5.91 Å². The molecular formula is C18H19NO. The number of rotatable bonds is 4. The van der Waals surface area contributed by atoms with Gasteiger partial charge in [-0.25, -0.2) is 0 Å². The minimum absolute atomic E-state index is 0.155. The van der Waals surface area contributed by atoms with E-state index in [1.807, 2.05) is 18.2 Å². The maximum absolute atomic E-state index is 12.1. The van der Waals surface area contributed by atoms with Crippen LogP contribution in [0.2, 0.25) is 0 Å². The molecule has 0 heterocycles. The van der Waals surface area contributed by atoms with Crippen molar-refractivity contribution in [3.8, 4) is 0 Å². The van der Waals surface area contributed by atoms with Gasteiger partial charge in [0.25, 0.3) is 0 Å². The smallest absolute Gasteiger partial charge is 0.224 e. The minimum Gasteiger partial charge on any atom is -0.352 e. The number of aryl methyl sites for hydroxylation is 1. The third-order valence-corrected chi connectivity index (χ3v) is 3.94. The highest BCUT2D eigenvalue weighted by Crippen LogP contribution is 2.47. The van der Waals surface area contributed by atoms with Gasteiger partial charge < -0.3 is 5.32 Å². The quantitative estimate of drug-likeness (QED) is 0.901. The van der Waals surface area contributed by atoms with Crippen molar-refractivity contribution in [2.75, 3.05) is 0 Å². The number of nitrogens with one attached hydrogen (secondary N) is 1.